The van der Waals surface area contributed by atoms with Crippen LogP contribution in [0.5, 0.6) is 11.8 Å². The van der Waals surface area contributed by atoms with Crippen molar-refractivity contribution in [3.8, 4) is 22.9 Å². The van der Waals surface area contributed by atoms with Gasteiger partial charge in [-0.2, -0.15) is 4.98 Å². The minimum absolute atomic E-state index is 0.229. The summed E-state index contributed by atoms with van der Waals surface area (Å²) in [5, 5.41) is 9.40. The molecule has 16 heavy (non-hydrogen) atoms. The Labute approximate surface area is 93.6 Å². The van der Waals surface area contributed by atoms with Crippen molar-refractivity contribution >= 4 is 0 Å². The number of nitrogens with zero attached hydrogens (tertiary/aromatic N) is 2. The molecule has 0 aliphatic heterocycles. The molecule has 0 aliphatic rings. The molecule has 0 atom stereocenters. The summed E-state index contributed by atoms with van der Waals surface area (Å²) in [5.41, 5.74) is 2.59. The fourth-order valence-electron chi connectivity index (χ4n) is 1.50. The van der Waals surface area contributed by atoms with E-state index >= 15 is 0 Å². The van der Waals surface area contributed by atoms with E-state index in [0.717, 1.165) is 16.8 Å². The molecule has 4 heteroatoms. The zero-order chi connectivity index (χ0) is 11.5. The molecule has 0 unspecified atom stereocenters. The van der Waals surface area contributed by atoms with Gasteiger partial charge in [-0.25, -0.2) is 4.98 Å². The first-order valence-electron chi connectivity index (χ1n) is 4.88. The molecular formula is C12H12N2O2. The quantitative estimate of drug-likeness (QED) is 0.835. The highest BCUT2D eigenvalue weighted by Gasteiger charge is 2.06. The number of benzene rings is 1. The Hall–Kier alpha value is -2.10. The van der Waals surface area contributed by atoms with Crippen LogP contribution in [0.1, 0.15) is 5.69 Å². The largest absolute Gasteiger partial charge is 0.508 e. The third-order valence-electron chi connectivity index (χ3n) is 2.30. The molecule has 0 saturated carbocycles. The Morgan fingerprint density at radius 1 is 1.31 bits per heavy atom. The van der Waals surface area contributed by atoms with E-state index in [4.69, 9.17) is 4.74 Å². The van der Waals surface area contributed by atoms with Gasteiger partial charge in [-0.05, 0) is 24.6 Å². The number of aryl methyl sites for hydroxylation is 1. The highest BCUT2D eigenvalue weighted by molar-refractivity contribution is 5.66. The average Bonchev–Trinajstić information content (AvgIpc) is 2.28. The van der Waals surface area contributed by atoms with Crippen molar-refractivity contribution in [3.63, 3.8) is 0 Å². The molecule has 0 aliphatic carbocycles. The van der Waals surface area contributed by atoms with Gasteiger partial charge in [0.05, 0.1) is 12.8 Å². The van der Waals surface area contributed by atoms with Crippen LogP contribution in [0.4, 0.5) is 0 Å². The molecule has 0 bridgehead atoms. The third kappa shape index (κ3) is 1.95. The zero-order valence-corrected chi connectivity index (χ0v) is 9.14. The van der Waals surface area contributed by atoms with Gasteiger partial charge in [0.15, 0.2) is 0 Å². The second-order valence-corrected chi connectivity index (χ2v) is 3.41. The van der Waals surface area contributed by atoms with E-state index in [2.05, 4.69) is 9.97 Å². The molecule has 82 valence electrons. The molecule has 2 rings (SSSR count). The Balaban J connectivity index is 2.48. The van der Waals surface area contributed by atoms with Gasteiger partial charge in [-0.15, -0.1) is 0 Å². The van der Waals surface area contributed by atoms with E-state index in [9.17, 15) is 5.11 Å². The van der Waals surface area contributed by atoms with Crippen LogP contribution in [0.2, 0.25) is 0 Å². The summed E-state index contributed by atoms with van der Waals surface area (Å²) >= 11 is 0. The second-order valence-electron chi connectivity index (χ2n) is 3.41. The first-order chi connectivity index (χ1) is 7.70. The number of methoxy groups -OCH3 is 1. The number of aromatic nitrogens is 2. The average molecular weight is 216 g/mol. The second kappa shape index (κ2) is 4.18. The molecule has 2 aromatic rings. The van der Waals surface area contributed by atoms with E-state index in [1.165, 1.54) is 7.11 Å². The summed E-state index contributed by atoms with van der Waals surface area (Å²) in [4.78, 5) is 8.23. The van der Waals surface area contributed by atoms with Crippen LogP contribution in [-0.4, -0.2) is 22.2 Å². The molecule has 0 fully saturated rings. The SMILES string of the molecule is COc1ncc(-c2cccc(O)c2)c(C)n1. The van der Waals surface area contributed by atoms with E-state index in [0.29, 0.717) is 6.01 Å². The highest BCUT2D eigenvalue weighted by Crippen LogP contribution is 2.25. The van der Waals surface area contributed by atoms with Crippen molar-refractivity contribution in [2.24, 2.45) is 0 Å². The van der Waals surface area contributed by atoms with Crippen LogP contribution in [0.15, 0.2) is 30.5 Å². The van der Waals surface area contributed by atoms with Gasteiger partial charge < -0.3 is 9.84 Å². The van der Waals surface area contributed by atoms with E-state index in [-0.39, 0.29) is 5.75 Å². The van der Waals surface area contributed by atoms with Gasteiger partial charge in [-0.3, -0.25) is 0 Å². The number of ether oxygens (including phenoxy) is 1. The van der Waals surface area contributed by atoms with Crippen LogP contribution < -0.4 is 4.74 Å². The maximum absolute atomic E-state index is 9.40. The summed E-state index contributed by atoms with van der Waals surface area (Å²) in [6, 6.07) is 7.34. The zero-order valence-electron chi connectivity index (χ0n) is 9.14. The number of hydrogen-bond donors (Lipinski definition) is 1. The lowest BCUT2D eigenvalue weighted by Crippen LogP contribution is -1.95. The third-order valence-corrected chi connectivity index (χ3v) is 2.30. The van der Waals surface area contributed by atoms with Crippen LogP contribution in [0, 0.1) is 6.92 Å². The van der Waals surface area contributed by atoms with Gasteiger partial charge >= 0.3 is 6.01 Å². The molecule has 1 aromatic carbocycles. The summed E-state index contributed by atoms with van der Waals surface area (Å²) in [6.07, 6.45) is 1.69. The van der Waals surface area contributed by atoms with Crippen molar-refractivity contribution in [1.29, 1.82) is 0 Å². The van der Waals surface area contributed by atoms with Crippen LogP contribution in [0.3, 0.4) is 0 Å². The minimum Gasteiger partial charge on any atom is -0.508 e. The number of hydrogen-bond acceptors (Lipinski definition) is 4. The molecule has 0 spiro atoms. The maximum atomic E-state index is 9.40. The topological polar surface area (TPSA) is 55.2 Å². The normalized spacial score (nSPS) is 10.1. The summed E-state index contributed by atoms with van der Waals surface area (Å²) < 4.78 is 4.94. The van der Waals surface area contributed by atoms with Crippen LogP contribution in [0.25, 0.3) is 11.1 Å². The molecule has 1 heterocycles. The number of aromatic hydroxyl groups is 1. The predicted octanol–water partition coefficient (Wildman–Crippen LogP) is 2.17. The van der Waals surface area contributed by atoms with Crippen LogP contribution >= 0.6 is 0 Å². The van der Waals surface area contributed by atoms with Gasteiger partial charge in [0.1, 0.15) is 5.75 Å². The predicted molar refractivity (Wildman–Crippen MR) is 60.4 cm³/mol. The van der Waals surface area contributed by atoms with Crippen molar-refractivity contribution in [1.82, 2.24) is 9.97 Å². The van der Waals surface area contributed by atoms with Crippen LogP contribution in [-0.2, 0) is 0 Å². The smallest absolute Gasteiger partial charge is 0.316 e. The van der Waals surface area contributed by atoms with Crippen molar-refractivity contribution < 1.29 is 9.84 Å². The Morgan fingerprint density at radius 3 is 2.75 bits per heavy atom. The van der Waals surface area contributed by atoms with Crippen molar-refractivity contribution in [2.45, 2.75) is 6.92 Å². The van der Waals surface area contributed by atoms with Gasteiger partial charge in [0.2, 0.25) is 0 Å². The summed E-state index contributed by atoms with van der Waals surface area (Å²) in [5.74, 6) is 0.229. The fraction of sp³-hybridized carbons (Fsp3) is 0.167. The molecule has 0 amide bonds. The maximum Gasteiger partial charge on any atom is 0.316 e. The molecule has 0 radical (unpaired) electrons. The lowest BCUT2D eigenvalue weighted by molar-refractivity contribution is 0.379. The van der Waals surface area contributed by atoms with Crippen molar-refractivity contribution in [3.05, 3.63) is 36.2 Å². The lowest BCUT2D eigenvalue weighted by Gasteiger charge is -2.06. The summed E-state index contributed by atoms with van der Waals surface area (Å²) in [6.45, 7) is 1.88. The van der Waals surface area contributed by atoms with Gasteiger partial charge in [0.25, 0.3) is 0 Å². The number of phenolic OH excluding ortho intramolecular Hbond substituents is 1. The first-order valence-corrected chi connectivity index (χ1v) is 4.88. The summed E-state index contributed by atoms with van der Waals surface area (Å²) in [7, 11) is 1.53. The molecule has 4 nitrogen and oxygen atoms in total. The fourth-order valence-corrected chi connectivity index (χ4v) is 1.50. The standard InChI is InChI=1S/C12H12N2O2/c1-8-11(7-13-12(14-8)16-2)9-4-3-5-10(15)6-9/h3-7,15H,1-2H3. The minimum atomic E-state index is 0.229. The molecule has 0 saturated heterocycles. The number of phenols is 1. The highest BCUT2D eigenvalue weighted by atomic mass is 16.5. The van der Waals surface area contributed by atoms with E-state index in [1.54, 1.807) is 24.4 Å². The Morgan fingerprint density at radius 2 is 2.12 bits per heavy atom. The molecule has 1 N–H and O–H groups in total. The Kier molecular flexibility index (Phi) is 2.72. The number of rotatable bonds is 2. The Bertz CT molecular complexity index is 512. The van der Waals surface area contributed by atoms with E-state index in [1.807, 2.05) is 13.0 Å². The van der Waals surface area contributed by atoms with Gasteiger partial charge in [-0.1, -0.05) is 12.1 Å². The molecule has 1 aromatic heterocycles. The van der Waals surface area contributed by atoms with Crippen molar-refractivity contribution in [2.75, 3.05) is 7.11 Å². The molecular weight excluding hydrogens is 204 g/mol. The van der Waals surface area contributed by atoms with Gasteiger partial charge in [0, 0.05) is 11.8 Å². The van der Waals surface area contributed by atoms with E-state index < -0.39 is 0 Å². The first kappa shape index (κ1) is 10.4. The lowest BCUT2D eigenvalue weighted by atomic mass is 10.1. The monoisotopic (exact) mass is 216 g/mol.